The second kappa shape index (κ2) is 6.71. The van der Waals surface area contributed by atoms with Gasteiger partial charge in [-0.2, -0.15) is 4.31 Å². The lowest BCUT2D eigenvalue weighted by atomic mass is 9.90. The number of nitrogens with zero attached hydrogens (tertiary/aromatic N) is 1. The average molecular weight is 397 g/mol. The first-order valence-electron chi connectivity index (χ1n) is 9.96. The van der Waals surface area contributed by atoms with E-state index in [1.54, 1.807) is 0 Å². The van der Waals surface area contributed by atoms with E-state index in [1.807, 2.05) is 36.4 Å². The quantitative estimate of drug-likeness (QED) is 0.863. The molecule has 5 rings (SSSR count). The van der Waals surface area contributed by atoms with E-state index in [1.165, 1.54) is 15.4 Å². The molecule has 0 saturated heterocycles. The minimum absolute atomic E-state index is 0.0686. The molecule has 5 nitrogen and oxygen atoms in total. The van der Waals surface area contributed by atoms with E-state index < -0.39 is 15.9 Å². The molecule has 1 aliphatic heterocycles. The number of amides is 1. The standard InChI is InChI=1S/C22H24N2O3S/c25-22(23-18-11-15-5-1-2-6-16(15)12-18)21-14-24(28(26,27)19-9-10-19)13-17-7-3-4-8-20(17)21/h1-8,18-19,21H,9-14H2,(H,23,25). The van der Waals surface area contributed by atoms with Gasteiger partial charge in [-0.05, 0) is 47.9 Å². The van der Waals surface area contributed by atoms with Crippen molar-refractivity contribution in [3.8, 4) is 0 Å². The van der Waals surface area contributed by atoms with Crippen LogP contribution in [0.25, 0.3) is 0 Å². The fourth-order valence-electron chi connectivity index (χ4n) is 4.53. The number of rotatable bonds is 4. The minimum Gasteiger partial charge on any atom is -0.352 e. The Kier molecular flexibility index (Phi) is 4.29. The van der Waals surface area contributed by atoms with Gasteiger partial charge in [0.15, 0.2) is 0 Å². The van der Waals surface area contributed by atoms with Crippen LogP contribution in [0.15, 0.2) is 48.5 Å². The summed E-state index contributed by atoms with van der Waals surface area (Å²) in [4.78, 5) is 13.2. The molecule has 1 unspecified atom stereocenters. The summed E-state index contributed by atoms with van der Waals surface area (Å²) >= 11 is 0. The van der Waals surface area contributed by atoms with Gasteiger partial charge in [0.1, 0.15) is 0 Å². The van der Waals surface area contributed by atoms with Gasteiger partial charge in [-0.3, -0.25) is 4.79 Å². The molecule has 1 amide bonds. The largest absolute Gasteiger partial charge is 0.352 e. The molecule has 2 aromatic carbocycles. The molecule has 1 saturated carbocycles. The van der Waals surface area contributed by atoms with Gasteiger partial charge in [-0.25, -0.2) is 8.42 Å². The van der Waals surface area contributed by atoms with Crippen LogP contribution in [-0.2, 0) is 34.2 Å². The number of sulfonamides is 1. The van der Waals surface area contributed by atoms with Crippen molar-refractivity contribution in [1.29, 1.82) is 0 Å². The molecule has 3 aliphatic rings. The van der Waals surface area contributed by atoms with Crippen LogP contribution < -0.4 is 5.32 Å². The number of carbonyl (C=O) groups excluding carboxylic acids is 1. The molecule has 0 aromatic heterocycles. The second-order valence-corrected chi connectivity index (χ2v) is 10.4. The van der Waals surface area contributed by atoms with E-state index in [0.29, 0.717) is 6.54 Å². The van der Waals surface area contributed by atoms with E-state index >= 15 is 0 Å². The zero-order chi connectivity index (χ0) is 19.3. The van der Waals surface area contributed by atoms with E-state index in [4.69, 9.17) is 0 Å². The highest BCUT2D eigenvalue weighted by atomic mass is 32.2. The smallest absolute Gasteiger partial charge is 0.229 e. The fraction of sp³-hybridized carbons (Fsp3) is 0.409. The van der Waals surface area contributed by atoms with E-state index in [0.717, 1.165) is 36.8 Å². The third kappa shape index (κ3) is 3.14. The summed E-state index contributed by atoms with van der Waals surface area (Å²) in [7, 11) is -3.32. The summed E-state index contributed by atoms with van der Waals surface area (Å²) in [5.74, 6) is -0.525. The first kappa shape index (κ1) is 17.9. The first-order chi connectivity index (χ1) is 13.5. The Morgan fingerprint density at radius 1 is 0.929 bits per heavy atom. The predicted molar refractivity (Wildman–Crippen MR) is 107 cm³/mol. The van der Waals surface area contributed by atoms with Crippen LogP contribution in [0.5, 0.6) is 0 Å². The maximum absolute atomic E-state index is 13.2. The highest BCUT2D eigenvalue weighted by molar-refractivity contribution is 7.90. The Labute approximate surface area is 165 Å². The SMILES string of the molecule is O=C(NC1Cc2ccccc2C1)C1CN(S(=O)(=O)C2CC2)Cc2ccccc21. The molecule has 146 valence electrons. The van der Waals surface area contributed by atoms with Gasteiger partial charge >= 0.3 is 0 Å². The zero-order valence-corrected chi connectivity index (χ0v) is 16.5. The molecular formula is C22H24N2O3S. The molecular weight excluding hydrogens is 372 g/mol. The lowest BCUT2D eigenvalue weighted by Crippen LogP contribution is -2.47. The van der Waals surface area contributed by atoms with E-state index in [-0.39, 0.29) is 23.7 Å². The zero-order valence-electron chi connectivity index (χ0n) is 15.7. The number of carbonyl (C=O) groups is 1. The van der Waals surface area contributed by atoms with Crippen LogP contribution in [0.2, 0.25) is 0 Å². The Bertz CT molecular complexity index is 1000. The normalized spacial score (nSPS) is 22.5. The third-order valence-electron chi connectivity index (χ3n) is 6.18. The van der Waals surface area contributed by atoms with Crippen LogP contribution in [0.4, 0.5) is 0 Å². The maximum Gasteiger partial charge on any atom is 0.229 e. The topological polar surface area (TPSA) is 66.5 Å². The predicted octanol–water partition coefficient (Wildman–Crippen LogP) is 2.36. The van der Waals surface area contributed by atoms with Crippen molar-refractivity contribution < 1.29 is 13.2 Å². The Hall–Kier alpha value is -2.18. The number of hydrogen-bond acceptors (Lipinski definition) is 3. The van der Waals surface area contributed by atoms with Crippen molar-refractivity contribution in [2.24, 2.45) is 0 Å². The lowest BCUT2D eigenvalue weighted by molar-refractivity contribution is -0.123. The highest BCUT2D eigenvalue weighted by Gasteiger charge is 2.44. The summed E-state index contributed by atoms with van der Waals surface area (Å²) in [5.41, 5.74) is 4.47. The van der Waals surface area contributed by atoms with Crippen molar-refractivity contribution in [1.82, 2.24) is 9.62 Å². The number of fused-ring (bicyclic) bond motifs is 2. The van der Waals surface area contributed by atoms with Gasteiger partial charge in [0.25, 0.3) is 0 Å². The first-order valence-corrected chi connectivity index (χ1v) is 11.5. The molecule has 2 aliphatic carbocycles. The van der Waals surface area contributed by atoms with Crippen molar-refractivity contribution >= 4 is 15.9 Å². The number of nitrogens with one attached hydrogen (secondary N) is 1. The van der Waals surface area contributed by atoms with Crippen molar-refractivity contribution in [3.63, 3.8) is 0 Å². The van der Waals surface area contributed by atoms with Crippen LogP contribution >= 0.6 is 0 Å². The van der Waals surface area contributed by atoms with Crippen LogP contribution in [0, 0.1) is 0 Å². The minimum atomic E-state index is -3.32. The summed E-state index contributed by atoms with van der Waals surface area (Å²) in [6, 6.07) is 16.1. The maximum atomic E-state index is 13.2. The second-order valence-electron chi connectivity index (χ2n) is 8.17. The monoisotopic (exact) mass is 396 g/mol. The molecule has 6 heteroatoms. The Morgan fingerprint density at radius 3 is 2.18 bits per heavy atom. The fourth-order valence-corrected chi connectivity index (χ4v) is 6.36. The van der Waals surface area contributed by atoms with Gasteiger partial charge in [0.05, 0.1) is 11.2 Å². The average Bonchev–Trinajstić information content (AvgIpc) is 3.48. The number of benzene rings is 2. The highest BCUT2D eigenvalue weighted by Crippen LogP contribution is 2.37. The van der Waals surface area contributed by atoms with Gasteiger partial charge < -0.3 is 5.32 Å². The van der Waals surface area contributed by atoms with E-state index in [9.17, 15) is 13.2 Å². The van der Waals surface area contributed by atoms with Crippen LogP contribution in [0.3, 0.4) is 0 Å². The third-order valence-corrected chi connectivity index (χ3v) is 8.49. The van der Waals surface area contributed by atoms with Gasteiger partial charge in [0, 0.05) is 19.1 Å². The summed E-state index contributed by atoms with van der Waals surface area (Å²) in [5, 5.41) is 2.93. The van der Waals surface area contributed by atoms with Crippen LogP contribution in [-0.4, -0.2) is 36.5 Å². The molecule has 1 atom stereocenters. The molecule has 1 fully saturated rings. The molecule has 2 aromatic rings. The van der Waals surface area contributed by atoms with Gasteiger partial charge in [-0.1, -0.05) is 48.5 Å². The Morgan fingerprint density at radius 2 is 1.54 bits per heavy atom. The van der Waals surface area contributed by atoms with Crippen molar-refractivity contribution in [2.75, 3.05) is 6.54 Å². The molecule has 0 bridgehead atoms. The summed E-state index contributed by atoms with van der Waals surface area (Å²) in [6.07, 6.45) is 3.14. The lowest BCUT2D eigenvalue weighted by Gasteiger charge is -2.33. The molecule has 0 radical (unpaired) electrons. The van der Waals surface area contributed by atoms with Gasteiger partial charge in [0.2, 0.25) is 15.9 Å². The summed E-state index contributed by atoms with van der Waals surface area (Å²) < 4.78 is 27.2. The summed E-state index contributed by atoms with van der Waals surface area (Å²) in [6.45, 7) is 0.606. The Balaban J connectivity index is 1.38. The van der Waals surface area contributed by atoms with E-state index in [2.05, 4.69) is 17.4 Å². The van der Waals surface area contributed by atoms with Crippen molar-refractivity contribution in [3.05, 3.63) is 70.8 Å². The van der Waals surface area contributed by atoms with Gasteiger partial charge in [-0.15, -0.1) is 0 Å². The molecule has 1 heterocycles. The molecule has 1 N–H and O–H groups in total. The molecule has 0 spiro atoms. The number of hydrogen-bond donors (Lipinski definition) is 1. The molecule has 28 heavy (non-hydrogen) atoms. The van der Waals surface area contributed by atoms with Crippen LogP contribution in [0.1, 0.15) is 41.0 Å². The van der Waals surface area contributed by atoms with Crippen molar-refractivity contribution in [2.45, 2.75) is 49.4 Å².